The Hall–Kier alpha value is -2.62. The summed E-state index contributed by atoms with van der Waals surface area (Å²) in [7, 11) is -2.10. The minimum Gasteiger partial charge on any atom is -0.301 e. The number of carbonyl (C=O) groups is 1. The Bertz CT molecular complexity index is 1290. The van der Waals surface area contributed by atoms with Crippen molar-refractivity contribution in [2.45, 2.75) is 45.1 Å². The van der Waals surface area contributed by atoms with E-state index in [1.165, 1.54) is 6.08 Å². The Morgan fingerprint density at radius 1 is 1.22 bits per heavy atom. The average Bonchev–Trinajstić information content (AvgIpc) is 3.25. The molecule has 1 aromatic carbocycles. The summed E-state index contributed by atoms with van der Waals surface area (Å²) in [5.41, 5.74) is 2.37. The lowest BCUT2D eigenvalue weighted by Crippen LogP contribution is -2.45. The van der Waals surface area contributed by atoms with Gasteiger partial charge in [-0.1, -0.05) is 30.9 Å². The van der Waals surface area contributed by atoms with Gasteiger partial charge in [-0.05, 0) is 50.1 Å². The van der Waals surface area contributed by atoms with Gasteiger partial charge in [0.15, 0.2) is 0 Å². The summed E-state index contributed by atoms with van der Waals surface area (Å²) in [6.45, 7) is 1.84. The lowest BCUT2D eigenvalue weighted by Gasteiger charge is -2.22. The molecule has 1 fully saturated rings. The maximum atomic E-state index is 12.4. The van der Waals surface area contributed by atoms with Gasteiger partial charge >= 0.3 is 10.2 Å². The van der Waals surface area contributed by atoms with Crippen molar-refractivity contribution in [3.8, 4) is 5.82 Å². The quantitative estimate of drug-likeness (QED) is 0.532. The smallest absolute Gasteiger partial charge is 0.301 e. The second-order valence-electron chi connectivity index (χ2n) is 8.09. The highest BCUT2D eigenvalue weighted by Gasteiger charge is 2.21. The van der Waals surface area contributed by atoms with Crippen LogP contribution in [0.4, 0.5) is 0 Å². The molecule has 3 aromatic rings. The van der Waals surface area contributed by atoms with E-state index in [-0.39, 0.29) is 6.04 Å². The van der Waals surface area contributed by atoms with Crippen LogP contribution in [0.2, 0.25) is 5.02 Å². The third-order valence-corrected chi connectivity index (χ3v) is 7.03. The van der Waals surface area contributed by atoms with E-state index in [4.69, 9.17) is 11.6 Å². The number of nitrogens with one attached hydrogen (secondary N) is 2. The van der Waals surface area contributed by atoms with E-state index in [9.17, 15) is 13.2 Å². The predicted octanol–water partition coefficient (Wildman–Crippen LogP) is 3.62. The van der Waals surface area contributed by atoms with Crippen LogP contribution in [0.1, 0.15) is 43.4 Å². The molecule has 2 aromatic heterocycles. The van der Waals surface area contributed by atoms with Gasteiger partial charge in [-0.15, -0.1) is 0 Å². The first kappa shape index (κ1) is 22.6. The zero-order valence-corrected chi connectivity index (χ0v) is 19.6. The van der Waals surface area contributed by atoms with Crippen LogP contribution in [0.3, 0.4) is 0 Å². The van der Waals surface area contributed by atoms with E-state index in [0.717, 1.165) is 48.8 Å². The summed E-state index contributed by atoms with van der Waals surface area (Å²) in [5.74, 6) is 0.0405. The molecule has 0 unspecified atom stereocenters. The Balaban J connectivity index is 1.56. The fourth-order valence-corrected chi connectivity index (χ4v) is 5.48. The van der Waals surface area contributed by atoms with Gasteiger partial charge in [0.25, 0.3) is 5.91 Å². The van der Waals surface area contributed by atoms with Gasteiger partial charge < -0.3 is 4.57 Å². The van der Waals surface area contributed by atoms with E-state index in [0.29, 0.717) is 16.3 Å². The van der Waals surface area contributed by atoms with Crippen LogP contribution in [-0.4, -0.2) is 34.7 Å². The van der Waals surface area contributed by atoms with Gasteiger partial charge in [-0.2, -0.15) is 18.2 Å². The minimum atomic E-state index is -3.92. The van der Waals surface area contributed by atoms with Crippen LogP contribution in [0.5, 0.6) is 0 Å². The van der Waals surface area contributed by atoms with Crippen LogP contribution < -0.4 is 9.44 Å². The summed E-state index contributed by atoms with van der Waals surface area (Å²) in [4.78, 5) is 12.4. The summed E-state index contributed by atoms with van der Waals surface area (Å²) < 4.78 is 33.0. The number of carbonyl (C=O) groups excluding carboxylic acids is 1. The van der Waals surface area contributed by atoms with Crippen molar-refractivity contribution in [2.75, 3.05) is 0 Å². The monoisotopic (exact) mass is 475 g/mol. The fourth-order valence-electron chi connectivity index (χ4n) is 4.24. The molecule has 1 aliphatic carbocycles. The highest BCUT2D eigenvalue weighted by atomic mass is 35.5. The van der Waals surface area contributed by atoms with Gasteiger partial charge in [0.1, 0.15) is 5.82 Å². The van der Waals surface area contributed by atoms with Crippen LogP contribution >= 0.6 is 11.6 Å². The number of halogens is 1. The van der Waals surface area contributed by atoms with Gasteiger partial charge in [-0.3, -0.25) is 9.48 Å². The average molecular weight is 476 g/mol. The second kappa shape index (κ2) is 9.09. The lowest BCUT2D eigenvalue weighted by molar-refractivity contribution is -0.114. The number of aromatic nitrogens is 3. The van der Waals surface area contributed by atoms with Crippen molar-refractivity contribution in [1.82, 2.24) is 23.8 Å². The highest BCUT2D eigenvalue weighted by Crippen LogP contribution is 2.27. The van der Waals surface area contributed by atoms with Crippen molar-refractivity contribution < 1.29 is 13.2 Å². The number of fused-ring (bicyclic) bond motifs is 1. The summed E-state index contributed by atoms with van der Waals surface area (Å²) >= 11 is 6.10. The van der Waals surface area contributed by atoms with Crippen molar-refractivity contribution in [1.29, 1.82) is 0 Å². The van der Waals surface area contributed by atoms with E-state index in [1.54, 1.807) is 10.8 Å². The minimum absolute atomic E-state index is 0.124. The summed E-state index contributed by atoms with van der Waals surface area (Å²) in [6.07, 6.45) is 9.39. The first-order chi connectivity index (χ1) is 15.2. The molecule has 0 radical (unpaired) electrons. The molecule has 0 atom stereocenters. The molecule has 32 heavy (non-hydrogen) atoms. The van der Waals surface area contributed by atoms with Crippen molar-refractivity contribution >= 4 is 44.7 Å². The third-order valence-electron chi connectivity index (χ3n) is 5.68. The molecule has 1 aliphatic rings. The van der Waals surface area contributed by atoms with Crippen molar-refractivity contribution in [3.05, 3.63) is 52.8 Å². The molecule has 2 heterocycles. The Labute approximate surface area is 192 Å². The third kappa shape index (κ3) is 4.90. The second-order valence-corrected chi connectivity index (χ2v) is 9.97. The van der Waals surface area contributed by atoms with Crippen LogP contribution in [0.15, 0.2) is 36.5 Å². The summed E-state index contributed by atoms with van der Waals surface area (Å²) in [5, 5.41) is 6.10. The zero-order chi connectivity index (χ0) is 22.9. The van der Waals surface area contributed by atoms with Crippen LogP contribution in [0, 0.1) is 6.92 Å². The molecule has 2 N–H and O–H groups in total. The fraction of sp³-hybridized carbons (Fsp3) is 0.364. The number of hydrogen-bond donors (Lipinski definition) is 2. The van der Waals surface area contributed by atoms with Crippen molar-refractivity contribution in [2.24, 2.45) is 7.05 Å². The van der Waals surface area contributed by atoms with E-state index in [2.05, 4.69) is 14.5 Å². The molecule has 10 heteroatoms. The molecule has 8 nitrogen and oxygen atoms in total. The molecule has 1 saturated carbocycles. The molecule has 0 aliphatic heterocycles. The van der Waals surface area contributed by atoms with Crippen LogP contribution in [0.25, 0.3) is 22.8 Å². The predicted molar refractivity (Wildman–Crippen MR) is 126 cm³/mol. The topological polar surface area (TPSA) is 98.0 Å². The van der Waals surface area contributed by atoms with E-state index >= 15 is 0 Å². The molecular formula is C22H26ClN5O3S. The maximum absolute atomic E-state index is 12.4. The van der Waals surface area contributed by atoms with Crippen molar-refractivity contribution in [3.63, 3.8) is 0 Å². The molecule has 1 amide bonds. The lowest BCUT2D eigenvalue weighted by atomic mass is 9.96. The highest BCUT2D eigenvalue weighted by molar-refractivity contribution is 7.88. The molecule has 4 rings (SSSR count). The SMILES string of the molecule is Cc1nn(C)c(-n2ccc3cc(Cl)ccc32)c1/C=C/C(=O)NS(=O)(=O)NC1CCCCC1. The van der Waals surface area contributed by atoms with Gasteiger partial charge in [0.05, 0.1) is 11.2 Å². The number of amides is 1. The van der Waals surface area contributed by atoms with Gasteiger partial charge in [0, 0.05) is 41.3 Å². The van der Waals surface area contributed by atoms with Crippen LogP contribution in [-0.2, 0) is 22.1 Å². The van der Waals surface area contributed by atoms with E-state index in [1.807, 2.05) is 49.0 Å². The number of benzene rings is 1. The molecule has 170 valence electrons. The van der Waals surface area contributed by atoms with Gasteiger partial charge in [-0.25, -0.2) is 4.72 Å². The number of aryl methyl sites for hydroxylation is 2. The van der Waals surface area contributed by atoms with Gasteiger partial charge in [0.2, 0.25) is 0 Å². The maximum Gasteiger partial charge on any atom is 0.301 e. The first-order valence-electron chi connectivity index (χ1n) is 10.6. The Kier molecular flexibility index (Phi) is 6.41. The number of rotatable bonds is 6. The van der Waals surface area contributed by atoms with E-state index < -0.39 is 16.1 Å². The molecule has 0 bridgehead atoms. The molecule has 0 saturated heterocycles. The number of hydrogen-bond acceptors (Lipinski definition) is 4. The largest absolute Gasteiger partial charge is 0.301 e. The first-order valence-corrected chi connectivity index (χ1v) is 12.4. The normalized spacial score (nSPS) is 15.6. The summed E-state index contributed by atoms with van der Waals surface area (Å²) in [6, 6.07) is 7.44. The standard InChI is InChI=1S/C22H26ClN5O3S/c1-15-19(9-11-21(29)26-32(30,31)25-18-6-4-3-5-7-18)22(27(2)24-15)28-13-12-16-14-17(23)8-10-20(16)28/h8-14,18,25H,3-7H2,1-2H3,(H,26,29)/b11-9+. The molecule has 0 spiro atoms. The Morgan fingerprint density at radius 2 is 1.97 bits per heavy atom. The number of nitrogens with zero attached hydrogens (tertiary/aromatic N) is 3. The Morgan fingerprint density at radius 3 is 2.72 bits per heavy atom. The zero-order valence-electron chi connectivity index (χ0n) is 18.0. The molecular weight excluding hydrogens is 450 g/mol.